The van der Waals surface area contributed by atoms with Gasteiger partial charge in [0, 0.05) is 5.56 Å². The molecular formula is C17H20Cl2O2. The number of halogens is 2. The minimum absolute atomic E-state index is 0.403. The Hall–Kier alpha value is -1.12. The third-order valence-corrected chi connectivity index (χ3v) is 4.76. The van der Waals surface area contributed by atoms with E-state index in [4.69, 9.17) is 32.7 Å². The first kappa shape index (κ1) is 16.3. The molecule has 0 radical (unpaired) electrons. The van der Waals surface area contributed by atoms with Gasteiger partial charge < -0.3 is 9.47 Å². The molecule has 0 fully saturated rings. The van der Waals surface area contributed by atoms with Crippen molar-refractivity contribution < 1.29 is 9.47 Å². The largest absolute Gasteiger partial charge is 0.497 e. The van der Waals surface area contributed by atoms with E-state index in [1.807, 2.05) is 18.2 Å². The summed E-state index contributed by atoms with van der Waals surface area (Å²) in [5, 5.41) is 1.30. The van der Waals surface area contributed by atoms with Gasteiger partial charge in [0.1, 0.15) is 11.5 Å². The molecule has 1 aliphatic carbocycles. The fraction of sp³-hybridized carbons (Fsp3) is 0.412. The van der Waals surface area contributed by atoms with Crippen LogP contribution < -0.4 is 9.47 Å². The Morgan fingerprint density at radius 1 is 1.00 bits per heavy atom. The summed E-state index contributed by atoms with van der Waals surface area (Å²) in [5.41, 5.74) is 3.18. The van der Waals surface area contributed by atoms with Crippen LogP contribution in [0.3, 0.4) is 0 Å². The molecule has 0 aliphatic heterocycles. The fourth-order valence-corrected chi connectivity index (χ4v) is 3.34. The standard InChI is InChI=1S/C17H20Cl2O2/c1-10(2)12-6-7-13(17(19)16(12)18)14-9-11(20-3)5-8-15(14)21-4/h5,8-10H,6-7H2,1-4H3. The highest BCUT2D eigenvalue weighted by Crippen LogP contribution is 2.45. The van der Waals surface area contributed by atoms with Crippen LogP contribution in [0.1, 0.15) is 32.3 Å². The number of allylic oxidation sites excluding steroid dienone is 4. The molecule has 0 aromatic heterocycles. The molecular weight excluding hydrogens is 307 g/mol. The van der Waals surface area contributed by atoms with Crippen LogP contribution in [0.25, 0.3) is 5.57 Å². The first-order valence-corrected chi connectivity index (χ1v) is 7.75. The van der Waals surface area contributed by atoms with Gasteiger partial charge in [-0.05, 0) is 48.1 Å². The number of ether oxygens (including phenoxy) is 2. The van der Waals surface area contributed by atoms with E-state index in [9.17, 15) is 0 Å². The molecule has 0 spiro atoms. The summed E-state index contributed by atoms with van der Waals surface area (Å²) < 4.78 is 10.7. The third kappa shape index (κ3) is 3.22. The number of rotatable bonds is 4. The van der Waals surface area contributed by atoms with Gasteiger partial charge in [-0.2, -0.15) is 0 Å². The zero-order valence-corrected chi connectivity index (χ0v) is 14.3. The smallest absolute Gasteiger partial charge is 0.126 e. The Kier molecular flexibility index (Phi) is 5.23. The van der Waals surface area contributed by atoms with Crippen molar-refractivity contribution >= 4 is 28.8 Å². The molecule has 0 saturated carbocycles. The molecule has 0 unspecified atom stereocenters. The quantitative estimate of drug-likeness (QED) is 0.717. The van der Waals surface area contributed by atoms with Crippen molar-refractivity contribution in [3.8, 4) is 11.5 Å². The van der Waals surface area contributed by atoms with Crippen LogP contribution in [0.5, 0.6) is 11.5 Å². The summed E-state index contributed by atoms with van der Waals surface area (Å²) in [6.07, 6.45) is 1.77. The normalized spacial score (nSPS) is 15.8. The Balaban J connectivity index is 2.56. The van der Waals surface area contributed by atoms with E-state index in [1.54, 1.807) is 14.2 Å². The zero-order valence-electron chi connectivity index (χ0n) is 12.8. The average molecular weight is 327 g/mol. The van der Waals surface area contributed by atoms with E-state index in [0.717, 1.165) is 35.5 Å². The molecule has 0 bridgehead atoms. The molecule has 114 valence electrons. The summed E-state index contributed by atoms with van der Waals surface area (Å²) in [5.74, 6) is 1.96. The Morgan fingerprint density at radius 2 is 1.71 bits per heavy atom. The first-order valence-electron chi connectivity index (χ1n) is 6.99. The Bertz CT molecular complexity index is 601. The Morgan fingerprint density at radius 3 is 2.29 bits per heavy atom. The van der Waals surface area contributed by atoms with Gasteiger partial charge in [-0.15, -0.1) is 0 Å². The molecule has 0 N–H and O–H groups in total. The van der Waals surface area contributed by atoms with Gasteiger partial charge in [-0.1, -0.05) is 37.0 Å². The van der Waals surface area contributed by atoms with Crippen LogP contribution in [0.2, 0.25) is 0 Å². The molecule has 1 aliphatic rings. The molecule has 0 amide bonds. The van der Waals surface area contributed by atoms with Crippen molar-refractivity contribution in [1.29, 1.82) is 0 Å². The lowest BCUT2D eigenvalue weighted by atomic mass is 9.87. The summed E-state index contributed by atoms with van der Waals surface area (Å²) >= 11 is 13.0. The van der Waals surface area contributed by atoms with Crippen molar-refractivity contribution in [2.75, 3.05) is 14.2 Å². The van der Waals surface area contributed by atoms with Gasteiger partial charge in [-0.3, -0.25) is 0 Å². The highest BCUT2D eigenvalue weighted by molar-refractivity contribution is 6.46. The fourth-order valence-electron chi connectivity index (χ4n) is 2.60. The second-order valence-corrected chi connectivity index (χ2v) is 6.11. The second-order valence-electron chi connectivity index (χ2n) is 5.35. The summed E-state index contributed by atoms with van der Waals surface area (Å²) in [6.45, 7) is 4.28. The SMILES string of the molecule is COc1ccc(OC)c(C2=C(Cl)C(Cl)=C(C(C)C)CC2)c1. The van der Waals surface area contributed by atoms with E-state index < -0.39 is 0 Å². The summed E-state index contributed by atoms with van der Waals surface area (Å²) in [6, 6.07) is 5.71. The highest BCUT2D eigenvalue weighted by Gasteiger charge is 2.24. The van der Waals surface area contributed by atoms with Crippen molar-refractivity contribution in [3.05, 3.63) is 39.4 Å². The predicted octanol–water partition coefficient (Wildman–Crippen LogP) is 5.60. The molecule has 1 aromatic carbocycles. The van der Waals surface area contributed by atoms with Gasteiger partial charge in [0.15, 0.2) is 0 Å². The van der Waals surface area contributed by atoms with Crippen LogP contribution in [0.4, 0.5) is 0 Å². The van der Waals surface area contributed by atoms with Crippen LogP contribution in [0, 0.1) is 5.92 Å². The monoisotopic (exact) mass is 326 g/mol. The minimum atomic E-state index is 0.403. The first-order chi connectivity index (χ1) is 9.99. The van der Waals surface area contributed by atoms with Crippen molar-refractivity contribution in [2.45, 2.75) is 26.7 Å². The molecule has 4 heteroatoms. The average Bonchev–Trinajstić information content (AvgIpc) is 2.49. The topological polar surface area (TPSA) is 18.5 Å². The van der Waals surface area contributed by atoms with Crippen molar-refractivity contribution in [3.63, 3.8) is 0 Å². The molecule has 0 saturated heterocycles. The molecule has 1 aromatic rings. The van der Waals surface area contributed by atoms with Crippen molar-refractivity contribution in [2.24, 2.45) is 5.92 Å². The molecule has 2 nitrogen and oxygen atoms in total. The van der Waals surface area contributed by atoms with Gasteiger partial charge in [0.05, 0.1) is 24.3 Å². The van der Waals surface area contributed by atoms with E-state index >= 15 is 0 Å². The van der Waals surface area contributed by atoms with E-state index in [0.29, 0.717) is 16.0 Å². The van der Waals surface area contributed by atoms with Crippen LogP contribution >= 0.6 is 23.2 Å². The van der Waals surface area contributed by atoms with E-state index in [1.165, 1.54) is 5.57 Å². The maximum atomic E-state index is 6.52. The van der Waals surface area contributed by atoms with Gasteiger partial charge >= 0.3 is 0 Å². The minimum Gasteiger partial charge on any atom is -0.497 e. The van der Waals surface area contributed by atoms with Gasteiger partial charge in [0.25, 0.3) is 0 Å². The number of benzene rings is 1. The van der Waals surface area contributed by atoms with Crippen LogP contribution in [-0.2, 0) is 0 Å². The maximum Gasteiger partial charge on any atom is 0.126 e. The Labute approximate surface area is 136 Å². The lowest BCUT2D eigenvalue weighted by Crippen LogP contribution is -2.06. The third-order valence-electron chi connectivity index (χ3n) is 3.81. The lowest BCUT2D eigenvalue weighted by Gasteiger charge is -2.23. The maximum absolute atomic E-state index is 6.52. The molecule has 0 heterocycles. The number of hydrogen-bond acceptors (Lipinski definition) is 2. The summed E-state index contributed by atoms with van der Waals surface area (Å²) in [7, 11) is 3.30. The highest BCUT2D eigenvalue weighted by atomic mass is 35.5. The lowest BCUT2D eigenvalue weighted by molar-refractivity contribution is 0.402. The number of hydrogen-bond donors (Lipinski definition) is 0. The summed E-state index contributed by atoms with van der Waals surface area (Å²) in [4.78, 5) is 0. The van der Waals surface area contributed by atoms with E-state index in [-0.39, 0.29) is 0 Å². The molecule has 2 rings (SSSR count). The molecule has 0 atom stereocenters. The number of methoxy groups -OCH3 is 2. The van der Waals surface area contributed by atoms with Crippen molar-refractivity contribution in [1.82, 2.24) is 0 Å². The van der Waals surface area contributed by atoms with Gasteiger partial charge in [-0.25, -0.2) is 0 Å². The van der Waals surface area contributed by atoms with Gasteiger partial charge in [0.2, 0.25) is 0 Å². The van der Waals surface area contributed by atoms with E-state index in [2.05, 4.69) is 13.8 Å². The van der Waals surface area contributed by atoms with Crippen LogP contribution in [-0.4, -0.2) is 14.2 Å². The predicted molar refractivity (Wildman–Crippen MR) is 89.3 cm³/mol. The molecule has 21 heavy (non-hydrogen) atoms. The second kappa shape index (κ2) is 6.76. The zero-order chi connectivity index (χ0) is 15.6. The van der Waals surface area contributed by atoms with Crippen LogP contribution in [0.15, 0.2) is 33.8 Å².